The van der Waals surface area contributed by atoms with Crippen LogP contribution in [0.2, 0.25) is 5.02 Å². The van der Waals surface area contributed by atoms with E-state index in [1.165, 1.54) is 36.4 Å². The highest BCUT2D eigenvalue weighted by Gasteiger charge is 2.68. The molecular formula is C34H27ClN2O6. The van der Waals surface area contributed by atoms with Crippen LogP contribution in [0, 0.1) is 42.4 Å². The molecule has 0 unspecified atom stereocenters. The van der Waals surface area contributed by atoms with Crippen LogP contribution < -0.4 is 4.74 Å². The number of Topliss-reactive ketones (excluding diaryl/α,β-unsaturated/α-hetero) is 1. The highest BCUT2D eigenvalue weighted by atomic mass is 35.5. The highest BCUT2D eigenvalue weighted by molar-refractivity contribution is 6.34. The minimum Gasteiger partial charge on any atom is -0.423 e. The zero-order valence-corrected chi connectivity index (χ0v) is 23.9. The average Bonchev–Trinajstić information content (AvgIpc) is 3.79. The molecule has 3 aromatic rings. The quantitative estimate of drug-likeness (QED) is 0.123. The maximum Gasteiger partial charge on any atom is 0.343 e. The van der Waals surface area contributed by atoms with Gasteiger partial charge in [-0.3, -0.25) is 19.2 Å². The molecule has 43 heavy (non-hydrogen) atoms. The van der Waals surface area contributed by atoms with Crippen molar-refractivity contribution < 1.29 is 28.7 Å². The van der Waals surface area contributed by atoms with Gasteiger partial charge in [-0.15, -0.1) is 0 Å². The van der Waals surface area contributed by atoms with Crippen molar-refractivity contribution in [3.05, 3.63) is 112 Å². The SMILES string of the molecule is Cc1ccc(C(=O)Oc2ccc(C(=O)CN(C(=O)c3ccccc3Cl)N3C(=O)[C@@H]4[C@H]5C=C[C@@H]([C@@H]6C[C@@H]56)[C@@H]4C3=O)cc2)cc1. The largest absolute Gasteiger partial charge is 0.423 e. The number of carbonyl (C=O) groups excluding carboxylic acids is 5. The van der Waals surface area contributed by atoms with E-state index in [0.717, 1.165) is 22.0 Å². The highest BCUT2D eigenvalue weighted by Crippen LogP contribution is 2.65. The number of hydrogen-bond acceptors (Lipinski definition) is 6. The summed E-state index contributed by atoms with van der Waals surface area (Å²) in [4.78, 5) is 67.6. The van der Waals surface area contributed by atoms with Crippen LogP contribution in [0.4, 0.5) is 0 Å². The lowest BCUT2D eigenvalue weighted by atomic mass is 9.63. The van der Waals surface area contributed by atoms with Gasteiger partial charge >= 0.3 is 5.97 Å². The summed E-state index contributed by atoms with van der Waals surface area (Å²) in [5.41, 5.74) is 1.69. The smallest absolute Gasteiger partial charge is 0.343 e. The molecule has 1 aliphatic heterocycles. The average molecular weight is 595 g/mol. The van der Waals surface area contributed by atoms with Crippen molar-refractivity contribution in [3.8, 4) is 5.75 Å². The van der Waals surface area contributed by atoms with Gasteiger partial charge in [0, 0.05) is 5.56 Å². The van der Waals surface area contributed by atoms with Crippen LogP contribution in [0.25, 0.3) is 0 Å². The van der Waals surface area contributed by atoms with Crippen molar-refractivity contribution in [2.75, 3.05) is 6.54 Å². The van der Waals surface area contributed by atoms with Crippen molar-refractivity contribution in [2.45, 2.75) is 13.3 Å². The number of ketones is 1. The topological polar surface area (TPSA) is 101 Å². The molecule has 0 radical (unpaired) electrons. The molecule has 0 aromatic heterocycles. The summed E-state index contributed by atoms with van der Waals surface area (Å²) >= 11 is 6.34. The summed E-state index contributed by atoms with van der Waals surface area (Å²) in [6, 6.07) is 19.2. The molecule has 5 aliphatic rings. The molecule has 2 bridgehead atoms. The fourth-order valence-corrected chi connectivity index (χ4v) is 7.19. The standard InChI is InChI=1S/C34H27ClN2O6/c1-18-6-8-20(9-7-18)34(42)43-21-12-10-19(11-13-21)28(38)17-36(31(39)24-4-2-3-5-27(24)35)37-32(40)29-22-14-15-23(26-16-25(22)26)30(29)33(37)41/h2-15,22-23,25-26,29-30H,16-17H2,1H3/t22-,23-,25-,26-,29-,30+/m0/s1. The second kappa shape index (κ2) is 10.3. The maximum atomic E-state index is 13.9. The Morgan fingerprint density at radius 3 is 2.02 bits per heavy atom. The molecule has 0 spiro atoms. The number of hydrazine groups is 1. The molecule has 2 saturated carbocycles. The Morgan fingerprint density at radius 1 is 0.837 bits per heavy atom. The van der Waals surface area contributed by atoms with Gasteiger partial charge in [-0.05, 0) is 85.5 Å². The van der Waals surface area contributed by atoms with E-state index in [0.29, 0.717) is 17.4 Å². The third kappa shape index (κ3) is 4.57. The first-order valence-corrected chi connectivity index (χ1v) is 14.7. The van der Waals surface area contributed by atoms with Crippen molar-refractivity contribution in [3.63, 3.8) is 0 Å². The van der Waals surface area contributed by atoms with Gasteiger partial charge in [0.15, 0.2) is 5.78 Å². The number of amides is 3. The first kappa shape index (κ1) is 27.3. The van der Waals surface area contributed by atoms with E-state index in [4.69, 9.17) is 16.3 Å². The van der Waals surface area contributed by atoms with Crippen LogP contribution >= 0.6 is 11.6 Å². The third-order valence-corrected chi connectivity index (χ3v) is 9.52. The summed E-state index contributed by atoms with van der Waals surface area (Å²) in [6.07, 6.45) is 5.10. The first-order valence-electron chi connectivity index (χ1n) is 14.3. The van der Waals surface area contributed by atoms with E-state index >= 15 is 0 Å². The second-order valence-electron chi connectivity index (χ2n) is 11.7. The Hall–Kier alpha value is -4.56. The normalized spacial score (nSPS) is 26.1. The number of rotatable bonds is 7. The van der Waals surface area contributed by atoms with Crippen LogP contribution in [-0.2, 0) is 9.59 Å². The van der Waals surface area contributed by atoms with Crippen molar-refractivity contribution in [1.29, 1.82) is 0 Å². The molecule has 8 rings (SSSR count). The summed E-state index contributed by atoms with van der Waals surface area (Å²) in [5.74, 6) is -2.79. The van der Waals surface area contributed by atoms with Crippen molar-refractivity contribution >= 4 is 41.1 Å². The molecule has 3 amide bonds. The van der Waals surface area contributed by atoms with Gasteiger partial charge < -0.3 is 4.74 Å². The van der Waals surface area contributed by atoms with Crippen LogP contribution in [0.3, 0.4) is 0 Å². The van der Waals surface area contributed by atoms with E-state index in [1.54, 1.807) is 24.3 Å². The van der Waals surface area contributed by atoms with Gasteiger partial charge in [-0.1, -0.05) is 53.6 Å². The van der Waals surface area contributed by atoms with Gasteiger partial charge in [0.25, 0.3) is 17.7 Å². The van der Waals surface area contributed by atoms with E-state index in [9.17, 15) is 24.0 Å². The number of ether oxygens (including phenoxy) is 1. The fraction of sp³-hybridized carbons (Fsp3) is 0.265. The first-order chi connectivity index (χ1) is 20.7. The Labute approximate surface area is 252 Å². The predicted molar refractivity (Wildman–Crippen MR) is 156 cm³/mol. The number of esters is 1. The Balaban J connectivity index is 1.14. The van der Waals surface area contributed by atoms with E-state index in [2.05, 4.69) is 0 Å². The van der Waals surface area contributed by atoms with E-state index in [1.807, 2.05) is 31.2 Å². The minimum atomic E-state index is -0.714. The maximum absolute atomic E-state index is 13.9. The fourth-order valence-electron chi connectivity index (χ4n) is 6.98. The predicted octanol–water partition coefficient (Wildman–Crippen LogP) is 5.16. The Bertz CT molecular complexity index is 1680. The summed E-state index contributed by atoms with van der Waals surface area (Å²) < 4.78 is 5.43. The van der Waals surface area contributed by atoms with Gasteiger partial charge in [0.05, 0.1) is 28.0 Å². The summed E-state index contributed by atoms with van der Waals surface area (Å²) in [7, 11) is 0. The molecule has 1 heterocycles. The van der Waals surface area contributed by atoms with Crippen LogP contribution in [0.5, 0.6) is 5.75 Å². The minimum absolute atomic E-state index is 0.0374. The zero-order chi connectivity index (χ0) is 30.0. The number of hydrogen-bond donors (Lipinski definition) is 0. The van der Waals surface area contributed by atoms with Gasteiger partial charge in [-0.2, -0.15) is 5.01 Å². The number of nitrogens with zero attached hydrogens (tertiary/aromatic N) is 2. The molecule has 9 heteroatoms. The van der Waals surface area contributed by atoms with E-state index < -0.39 is 47.9 Å². The lowest BCUT2D eigenvalue weighted by Gasteiger charge is -2.37. The van der Waals surface area contributed by atoms with E-state index in [-0.39, 0.29) is 33.7 Å². The number of halogens is 1. The lowest BCUT2D eigenvalue weighted by Crippen LogP contribution is -2.52. The molecule has 0 N–H and O–H groups in total. The number of carbonyl (C=O) groups is 5. The number of benzene rings is 3. The van der Waals surface area contributed by atoms with Crippen molar-refractivity contribution in [1.82, 2.24) is 10.0 Å². The molecular weight excluding hydrogens is 568 g/mol. The van der Waals surface area contributed by atoms with Crippen molar-refractivity contribution in [2.24, 2.45) is 35.5 Å². The summed E-state index contributed by atoms with van der Waals surface area (Å²) in [6.45, 7) is 1.36. The number of aryl methyl sites for hydroxylation is 1. The Kier molecular flexibility index (Phi) is 6.54. The summed E-state index contributed by atoms with van der Waals surface area (Å²) in [5, 5.41) is 1.99. The number of imide groups is 1. The van der Waals surface area contributed by atoms with Crippen LogP contribution in [-0.4, -0.2) is 46.0 Å². The van der Waals surface area contributed by atoms with Crippen LogP contribution in [0.15, 0.2) is 84.9 Å². The molecule has 6 atom stereocenters. The second-order valence-corrected chi connectivity index (χ2v) is 12.1. The van der Waals surface area contributed by atoms with Gasteiger partial charge in [-0.25, -0.2) is 9.80 Å². The molecule has 216 valence electrons. The van der Waals surface area contributed by atoms with Gasteiger partial charge in [0.2, 0.25) is 0 Å². The molecule has 4 aliphatic carbocycles. The third-order valence-electron chi connectivity index (χ3n) is 9.19. The number of allylic oxidation sites excluding steroid dienone is 2. The monoisotopic (exact) mass is 594 g/mol. The molecule has 3 aromatic carbocycles. The molecule has 3 fully saturated rings. The van der Waals surface area contributed by atoms with Crippen LogP contribution in [0.1, 0.15) is 43.1 Å². The zero-order valence-electron chi connectivity index (χ0n) is 23.2. The van der Waals surface area contributed by atoms with Gasteiger partial charge in [0.1, 0.15) is 12.3 Å². The molecule has 1 saturated heterocycles. The molecule has 8 nitrogen and oxygen atoms in total. The lowest BCUT2D eigenvalue weighted by molar-refractivity contribution is -0.154. The Morgan fingerprint density at radius 2 is 1.42 bits per heavy atom.